The number of aryl methyl sites for hydroxylation is 1. The first-order valence-corrected chi connectivity index (χ1v) is 13.2. The van der Waals surface area contributed by atoms with Gasteiger partial charge in [-0.3, -0.25) is 9.78 Å². The van der Waals surface area contributed by atoms with E-state index >= 15 is 0 Å². The predicted molar refractivity (Wildman–Crippen MR) is 136 cm³/mol. The van der Waals surface area contributed by atoms with E-state index in [9.17, 15) is 4.79 Å². The summed E-state index contributed by atoms with van der Waals surface area (Å²) >= 11 is 1.69. The number of thioether (sulfide) groups is 1. The molecule has 9 nitrogen and oxygen atoms in total. The van der Waals surface area contributed by atoms with E-state index in [-0.39, 0.29) is 5.56 Å². The SMILES string of the molecule is O=c1c2c3n(c(SCCCc4nc(-c5ccncc5)no4)nc-2nn1-c1ccccc1)CCCCC3. The van der Waals surface area contributed by atoms with E-state index in [0.29, 0.717) is 29.5 Å². The van der Waals surface area contributed by atoms with Crippen molar-refractivity contribution in [2.75, 3.05) is 5.75 Å². The average molecular weight is 500 g/mol. The smallest absolute Gasteiger partial charge is 0.284 e. The molecule has 0 saturated carbocycles. The molecule has 0 saturated heterocycles. The van der Waals surface area contributed by atoms with Gasteiger partial charge in [-0.1, -0.05) is 41.5 Å². The minimum Gasteiger partial charge on any atom is -0.339 e. The summed E-state index contributed by atoms with van der Waals surface area (Å²) in [4.78, 5) is 26.8. The molecule has 0 aliphatic carbocycles. The number of fused-ring (bicyclic) bond motifs is 3. The Bertz CT molecular complexity index is 1490. The van der Waals surface area contributed by atoms with Crippen molar-refractivity contribution in [1.82, 2.24) is 34.5 Å². The Hall–Kier alpha value is -3.79. The van der Waals surface area contributed by atoms with Gasteiger partial charge in [0.1, 0.15) is 5.56 Å². The van der Waals surface area contributed by atoms with Crippen molar-refractivity contribution in [3.63, 3.8) is 0 Å². The summed E-state index contributed by atoms with van der Waals surface area (Å²) in [6.07, 6.45) is 9.13. The molecule has 0 amide bonds. The van der Waals surface area contributed by atoms with E-state index < -0.39 is 0 Å². The zero-order valence-corrected chi connectivity index (χ0v) is 20.5. The molecular formula is C26H25N7O2S. The topological polar surface area (TPSA) is 105 Å². The van der Waals surface area contributed by atoms with Crippen molar-refractivity contribution in [3.8, 4) is 28.5 Å². The lowest BCUT2D eigenvalue weighted by atomic mass is 10.1. The van der Waals surface area contributed by atoms with Crippen molar-refractivity contribution in [2.45, 2.75) is 50.2 Å². The lowest BCUT2D eigenvalue weighted by Crippen LogP contribution is -2.19. The van der Waals surface area contributed by atoms with E-state index in [1.165, 1.54) is 4.68 Å². The molecule has 0 fully saturated rings. The molecule has 36 heavy (non-hydrogen) atoms. The van der Waals surface area contributed by atoms with Gasteiger partial charge in [0.25, 0.3) is 5.56 Å². The van der Waals surface area contributed by atoms with E-state index in [4.69, 9.17) is 9.51 Å². The van der Waals surface area contributed by atoms with Crippen LogP contribution in [0.1, 0.15) is 37.3 Å². The normalized spacial score (nSPS) is 13.6. The Kier molecular flexibility index (Phi) is 6.33. The van der Waals surface area contributed by atoms with Gasteiger partial charge in [-0.25, -0.2) is 4.98 Å². The second-order valence-corrected chi connectivity index (χ2v) is 9.82. The van der Waals surface area contributed by atoms with Crippen LogP contribution < -0.4 is 5.56 Å². The second kappa shape index (κ2) is 10.1. The van der Waals surface area contributed by atoms with Crippen LogP contribution in [0.15, 0.2) is 69.3 Å². The maximum atomic E-state index is 13.4. The minimum absolute atomic E-state index is 0.0905. The number of hydrogen-bond donors (Lipinski definition) is 0. The van der Waals surface area contributed by atoms with Gasteiger partial charge in [0.05, 0.1) is 5.69 Å². The number of aromatic nitrogens is 7. The number of pyridine rings is 1. The lowest BCUT2D eigenvalue weighted by Gasteiger charge is -2.17. The van der Waals surface area contributed by atoms with Gasteiger partial charge in [0, 0.05) is 42.4 Å². The summed E-state index contributed by atoms with van der Waals surface area (Å²) in [5, 5.41) is 9.62. The third-order valence-electron chi connectivity index (χ3n) is 6.34. The zero-order valence-electron chi connectivity index (χ0n) is 19.7. The molecule has 10 heteroatoms. The van der Waals surface area contributed by atoms with Crippen LogP contribution in [0.3, 0.4) is 0 Å². The Morgan fingerprint density at radius 1 is 0.972 bits per heavy atom. The highest BCUT2D eigenvalue weighted by Gasteiger charge is 2.27. The van der Waals surface area contributed by atoms with Crippen molar-refractivity contribution in [1.29, 1.82) is 0 Å². The molecule has 0 radical (unpaired) electrons. The van der Waals surface area contributed by atoms with Crippen LogP contribution in [0, 0.1) is 0 Å². The molecule has 6 rings (SSSR count). The van der Waals surface area contributed by atoms with Crippen LogP contribution in [-0.2, 0) is 19.4 Å². The fourth-order valence-electron chi connectivity index (χ4n) is 4.57. The third kappa shape index (κ3) is 4.44. The maximum Gasteiger partial charge on any atom is 0.284 e. The molecule has 182 valence electrons. The monoisotopic (exact) mass is 499 g/mol. The minimum atomic E-state index is -0.0905. The third-order valence-corrected chi connectivity index (χ3v) is 7.40. The van der Waals surface area contributed by atoms with Crippen LogP contribution in [0.5, 0.6) is 0 Å². The van der Waals surface area contributed by atoms with E-state index in [0.717, 1.165) is 66.5 Å². The van der Waals surface area contributed by atoms with Gasteiger partial charge in [0.15, 0.2) is 11.0 Å². The molecule has 3 aliphatic rings. The van der Waals surface area contributed by atoms with Gasteiger partial charge in [-0.15, -0.1) is 5.10 Å². The van der Waals surface area contributed by atoms with Gasteiger partial charge in [0.2, 0.25) is 11.7 Å². The highest BCUT2D eigenvalue weighted by molar-refractivity contribution is 7.99. The van der Waals surface area contributed by atoms with Gasteiger partial charge >= 0.3 is 0 Å². The van der Waals surface area contributed by atoms with E-state index in [1.807, 2.05) is 42.5 Å². The van der Waals surface area contributed by atoms with Gasteiger partial charge < -0.3 is 9.09 Å². The Morgan fingerprint density at radius 2 is 1.83 bits per heavy atom. The molecular weight excluding hydrogens is 474 g/mol. The summed E-state index contributed by atoms with van der Waals surface area (Å²) in [7, 11) is 0. The highest BCUT2D eigenvalue weighted by atomic mass is 32.2. The summed E-state index contributed by atoms with van der Waals surface area (Å²) in [6.45, 7) is 0.871. The van der Waals surface area contributed by atoms with Crippen LogP contribution in [0.25, 0.3) is 28.5 Å². The second-order valence-electron chi connectivity index (χ2n) is 8.75. The maximum absolute atomic E-state index is 13.4. The Morgan fingerprint density at radius 3 is 2.69 bits per heavy atom. The summed E-state index contributed by atoms with van der Waals surface area (Å²) in [6, 6.07) is 13.3. The largest absolute Gasteiger partial charge is 0.339 e. The number of rotatable bonds is 7. The highest BCUT2D eigenvalue weighted by Crippen LogP contribution is 2.30. The molecule has 0 spiro atoms. The van der Waals surface area contributed by atoms with Crippen LogP contribution in [0.4, 0.5) is 0 Å². The molecule has 5 heterocycles. The Balaban J connectivity index is 1.23. The van der Waals surface area contributed by atoms with Crippen LogP contribution >= 0.6 is 11.8 Å². The first-order valence-electron chi connectivity index (χ1n) is 12.2. The summed E-state index contributed by atoms with van der Waals surface area (Å²) in [5.74, 6) is 2.57. The molecule has 0 unspecified atom stereocenters. The molecule has 0 atom stereocenters. The van der Waals surface area contributed by atoms with Crippen LogP contribution in [-0.4, -0.2) is 40.2 Å². The first-order chi connectivity index (χ1) is 17.8. The molecule has 0 N–H and O–H groups in total. The van der Waals surface area contributed by atoms with E-state index in [2.05, 4.69) is 24.8 Å². The quantitative estimate of drug-likeness (QED) is 0.184. The van der Waals surface area contributed by atoms with E-state index in [1.54, 1.807) is 24.2 Å². The predicted octanol–water partition coefficient (Wildman–Crippen LogP) is 4.43. The van der Waals surface area contributed by atoms with Crippen molar-refractivity contribution < 1.29 is 4.52 Å². The molecule has 3 aliphatic heterocycles. The molecule has 2 aromatic heterocycles. The van der Waals surface area contributed by atoms with Crippen molar-refractivity contribution in [2.24, 2.45) is 0 Å². The zero-order chi connectivity index (χ0) is 24.3. The Labute approximate surface area is 211 Å². The first kappa shape index (κ1) is 22.7. The van der Waals surface area contributed by atoms with Crippen molar-refractivity contribution >= 4 is 11.8 Å². The number of hydrogen-bond acceptors (Lipinski definition) is 8. The lowest BCUT2D eigenvalue weighted by molar-refractivity contribution is 0.378. The van der Waals surface area contributed by atoms with Crippen molar-refractivity contribution in [3.05, 3.63) is 76.8 Å². The number of para-hydroxylation sites is 1. The fraction of sp³-hybridized carbons (Fsp3) is 0.308. The standard InChI is InChI=1S/C26H25N7O2S/c34-25-22-20-10-5-2-6-16-32(20)26(29-24(22)30-33(25)19-8-3-1-4-9-19)36-17-7-11-21-28-23(31-35-21)18-12-14-27-15-13-18/h1,3-4,8-9,12-15H,2,5-7,10-11,16-17H2. The van der Waals surface area contributed by atoms with Crippen LogP contribution in [0.2, 0.25) is 0 Å². The van der Waals surface area contributed by atoms with Gasteiger partial charge in [-0.05, 0) is 49.9 Å². The number of nitrogens with zero attached hydrogens (tertiary/aromatic N) is 7. The fourth-order valence-corrected chi connectivity index (χ4v) is 5.55. The molecule has 0 bridgehead atoms. The molecule has 3 aromatic rings. The van der Waals surface area contributed by atoms with Gasteiger partial charge in [-0.2, -0.15) is 9.67 Å². The molecule has 1 aromatic carbocycles. The number of benzene rings is 1. The summed E-state index contributed by atoms with van der Waals surface area (Å²) in [5.41, 5.74) is 3.27. The summed E-state index contributed by atoms with van der Waals surface area (Å²) < 4.78 is 9.16. The average Bonchev–Trinajstić information content (AvgIpc) is 3.44.